The van der Waals surface area contributed by atoms with Crippen molar-refractivity contribution in [3.63, 3.8) is 0 Å². The average Bonchev–Trinajstić information content (AvgIpc) is 2.47. The van der Waals surface area contributed by atoms with Crippen LogP contribution < -0.4 is 5.43 Å². The quantitative estimate of drug-likeness (QED) is 0.504. The number of carboxylic acids is 1. The predicted molar refractivity (Wildman–Crippen MR) is 78.2 cm³/mol. The molecule has 2 aromatic rings. The lowest BCUT2D eigenvalue weighted by Crippen LogP contribution is -2.17. The van der Waals surface area contributed by atoms with Crippen LogP contribution in [-0.4, -0.2) is 33.4 Å². The Labute approximate surface area is 125 Å². The zero-order valence-electron chi connectivity index (χ0n) is 11.2. The molecule has 1 amide bonds. The van der Waals surface area contributed by atoms with Gasteiger partial charge in [-0.3, -0.25) is 4.79 Å². The summed E-state index contributed by atoms with van der Waals surface area (Å²) in [6.45, 7) is 0. The minimum atomic E-state index is -1.03. The van der Waals surface area contributed by atoms with E-state index < -0.39 is 11.9 Å². The van der Waals surface area contributed by atoms with E-state index in [1.807, 2.05) is 0 Å². The van der Waals surface area contributed by atoms with E-state index in [1.54, 1.807) is 0 Å². The van der Waals surface area contributed by atoms with Crippen molar-refractivity contribution < 1.29 is 24.9 Å². The molecule has 0 unspecified atom stereocenters. The van der Waals surface area contributed by atoms with E-state index in [0.717, 1.165) is 6.07 Å². The van der Waals surface area contributed by atoms with Crippen LogP contribution in [0.3, 0.4) is 0 Å². The second-order valence-corrected chi connectivity index (χ2v) is 4.33. The van der Waals surface area contributed by atoms with Crippen molar-refractivity contribution in [3.8, 4) is 11.5 Å². The lowest BCUT2D eigenvalue weighted by molar-refractivity contribution is 0.0696. The smallest absolute Gasteiger partial charge is 0.335 e. The number of aromatic carboxylic acids is 1. The summed E-state index contributed by atoms with van der Waals surface area (Å²) in [7, 11) is 0. The first-order valence-corrected chi connectivity index (χ1v) is 6.16. The molecule has 22 heavy (non-hydrogen) atoms. The largest absolute Gasteiger partial charge is 0.508 e. The van der Waals surface area contributed by atoms with E-state index in [1.165, 1.54) is 42.6 Å². The van der Waals surface area contributed by atoms with Crippen molar-refractivity contribution >= 4 is 18.1 Å². The third kappa shape index (κ3) is 3.60. The van der Waals surface area contributed by atoms with E-state index >= 15 is 0 Å². The van der Waals surface area contributed by atoms with Crippen LogP contribution in [0.4, 0.5) is 0 Å². The standard InChI is InChI=1S/C15H12N2O5/c18-11-5-6-12(13(19)7-11)14(20)17-16-8-9-1-3-10(4-2-9)15(21)22/h1-8,18-19H,(H,17,20)(H,21,22)/b16-8-. The van der Waals surface area contributed by atoms with Gasteiger partial charge in [0.2, 0.25) is 0 Å². The second kappa shape index (κ2) is 6.40. The highest BCUT2D eigenvalue weighted by atomic mass is 16.4. The number of rotatable bonds is 4. The summed E-state index contributed by atoms with van der Waals surface area (Å²) in [5, 5.41) is 31.1. The molecule has 0 aromatic heterocycles. The summed E-state index contributed by atoms with van der Waals surface area (Å²) in [5.74, 6) is -2.19. The first kappa shape index (κ1) is 15.0. The van der Waals surface area contributed by atoms with Gasteiger partial charge in [0, 0.05) is 6.07 Å². The molecule has 4 N–H and O–H groups in total. The molecular weight excluding hydrogens is 288 g/mol. The Morgan fingerprint density at radius 2 is 1.73 bits per heavy atom. The van der Waals surface area contributed by atoms with Gasteiger partial charge in [-0.25, -0.2) is 10.2 Å². The molecule has 0 radical (unpaired) electrons. The topological polar surface area (TPSA) is 119 Å². The third-order valence-electron chi connectivity index (χ3n) is 2.76. The Morgan fingerprint density at radius 3 is 2.32 bits per heavy atom. The Balaban J connectivity index is 2.02. The molecule has 2 rings (SSSR count). The second-order valence-electron chi connectivity index (χ2n) is 4.33. The van der Waals surface area contributed by atoms with Gasteiger partial charge in [-0.05, 0) is 29.8 Å². The predicted octanol–water partition coefficient (Wildman–Crippen LogP) is 1.56. The number of hydrogen-bond acceptors (Lipinski definition) is 5. The van der Waals surface area contributed by atoms with Gasteiger partial charge in [0.15, 0.2) is 0 Å². The van der Waals surface area contributed by atoms with E-state index in [4.69, 9.17) is 10.2 Å². The maximum atomic E-state index is 11.8. The van der Waals surface area contributed by atoms with Crippen LogP contribution in [0.1, 0.15) is 26.3 Å². The number of carboxylic acid groups (broad SMARTS) is 1. The summed E-state index contributed by atoms with van der Waals surface area (Å²) in [6, 6.07) is 9.48. The van der Waals surface area contributed by atoms with Crippen LogP contribution in [0, 0.1) is 0 Å². The van der Waals surface area contributed by atoms with Gasteiger partial charge in [0.1, 0.15) is 11.5 Å². The molecule has 0 aliphatic carbocycles. The van der Waals surface area contributed by atoms with Crippen LogP contribution >= 0.6 is 0 Å². The zero-order valence-corrected chi connectivity index (χ0v) is 11.2. The van der Waals surface area contributed by atoms with Crippen LogP contribution in [0.2, 0.25) is 0 Å². The van der Waals surface area contributed by atoms with Gasteiger partial charge >= 0.3 is 5.97 Å². The number of carbonyl (C=O) groups excluding carboxylic acids is 1. The fourth-order valence-corrected chi connectivity index (χ4v) is 1.65. The highest BCUT2D eigenvalue weighted by Gasteiger charge is 2.10. The number of phenols is 2. The fraction of sp³-hybridized carbons (Fsp3) is 0. The minimum Gasteiger partial charge on any atom is -0.508 e. The number of carbonyl (C=O) groups is 2. The lowest BCUT2D eigenvalue weighted by Gasteiger charge is -2.03. The number of hydrogen-bond donors (Lipinski definition) is 4. The third-order valence-corrected chi connectivity index (χ3v) is 2.76. The molecule has 0 atom stereocenters. The van der Waals surface area contributed by atoms with Crippen molar-refractivity contribution in [2.45, 2.75) is 0 Å². The van der Waals surface area contributed by atoms with Crippen molar-refractivity contribution in [2.24, 2.45) is 5.10 Å². The number of nitrogens with zero attached hydrogens (tertiary/aromatic N) is 1. The summed E-state index contributed by atoms with van der Waals surface area (Å²) in [5.41, 5.74) is 2.93. The van der Waals surface area contributed by atoms with Crippen LogP contribution in [0.15, 0.2) is 47.6 Å². The lowest BCUT2D eigenvalue weighted by atomic mass is 10.1. The van der Waals surface area contributed by atoms with Crippen LogP contribution in [-0.2, 0) is 0 Å². The molecule has 0 saturated carbocycles. The normalized spacial score (nSPS) is 10.5. The van der Waals surface area contributed by atoms with Gasteiger partial charge in [-0.1, -0.05) is 12.1 Å². The molecule has 0 aliphatic heterocycles. The molecule has 2 aromatic carbocycles. The zero-order chi connectivity index (χ0) is 16.1. The Hall–Kier alpha value is -3.35. The number of aromatic hydroxyl groups is 2. The number of phenolic OH excluding ortho intramolecular Hbond substituents is 2. The van der Waals surface area contributed by atoms with Crippen LogP contribution in [0.5, 0.6) is 11.5 Å². The molecule has 112 valence electrons. The van der Waals surface area contributed by atoms with Crippen molar-refractivity contribution in [3.05, 3.63) is 59.2 Å². The van der Waals surface area contributed by atoms with Crippen molar-refractivity contribution in [1.29, 1.82) is 0 Å². The summed E-state index contributed by atoms with van der Waals surface area (Å²) in [4.78, 5) is 22.5. The number of hydrazone groups is 1. The molecule has 7 heteroatoms. The SMILES string of the molecule is O=C(O)c1ccc(/C=N\NC(=O)c2ccc(O)cc2O)cc1. The monoisotopic (exact) mass is 300 g/mol. The first-order valence-electron chi connectivity index (χ1n) is 6.16. The van der Waals surface area contributed by atoms with Gasteiger partial charge < -0.3 is 15.3 Å². The highest BCUT2D eigenvalue weighted by Crippen LogP contribution is 2.22. The Kier molecular flexibility index (Phi) is 4.38. The van der Waals surface area contributed by atoms with Gasteiger partial charge in [-0.2, -0.15) is 5.10 Å². The molecule has 0 saturated heterocycles. The van der Waals surface area contributed by atoms with E-state index in [9.17, 15) is 14.7 Å². The summed E-state index contributed by atoms with van der Waals surface area (Å²) >= 11 is 0. The number of nitrogens with one attached hydrogen (secondary N) is 1. The van der Waals surface area contributed by atoms with E-state index in [-0.39, 0.29) is 22.6 Å². The maximum Gasteiger partial charge on any atom is 0.335 e. The van der Waals surface area contributed by atoms with E-state index in [2.05, 4.69) is 10.5 Å². The van der Waals surface area contributed by atoms with Crippen molar-refractivity contribution in [2.75, 3.05) is 0 Å². The first-order chi connectivity index (χ1) is 10.5. The molecule has 0 heterocycles. The van der Waals surface area contributed by atoms with Gasteiger partial charge in [-0.15, -0.1) is 0 Å². The molecule has 0 spiro atoms. The average molecular weight is 300 g/mol. The minimum absolute atomic E-state index is 0.0313. The Morgan fingerprint density at radius 1 is 1.05 bits per heavy atom. The van der Waals surface area contributed by atoms with E-state index in [0.29, 0.717) is 5.56 Å². The number of benzene rings is 2. The van der Waals surface area contributed by atoms with Crippen molar-refractivity contribution in [1.82, 2.24) is 5.43 Å². The molecular formula is C15H12N2O5. The summed E-state index contributed by atoms with van der Waals surface area (Å²) < 4.78 is 0. The fourth-order valence-electron chi connectivity index (χ4n) is 1.65. The summed E-state index contributed by atoms with van der Waals surface area (Å²) in [6.07, 6.45) is 1.33. The molecule has 7 nitrogen and oxygen atoms in total. The molecule has 0 fully saturated rings. The highest BCUT2D eigenvalue weighted by molar-refractivity contribution is 5.97. The molecule has 0 bridgehead atoms. The van der Waals surface area contributed by atoms with Crippen LogP contribution in [0.25, 0.3) is 0 Å². The number of amides is 1. The van der Waals surface area contributed by atoms with Gasteiger partial charge in [0.25, 0.3) is 5.91 Å². The maximum absolute atomic E-state index is 11.8. The Bertz CT molecular complexity index is 738. The van der Waals surface area contributed by atoms with Gasteiger partial charge in [0.05, 0.1) is 17.3 Å². The molecule has 0 aliphatic rings.